The van der Waals surface area contributed by atoms with Crippen molar-refractivity contribution in [2.45, 2.75) is 224 Å². The number of carbonyl (C=O) groups excluding carboxylic acids is 6. The van der Waals surface area contributed by atoms with E-state index in [1.807, 2.05) is 147 Å². The molecule has 7 N–H and O–H groups in total. The lowest BCUT2D eigenvalue weighted by Gasteiger charge is -2.17. The van der Waals surface area contributed by atoms with Crippen LogP contribution in [0.4, 0.5) is 62.9 Å². The average Bonchev–Trinajstić information content (AvgIpc) is 1.64. The molecule has 12 aromatic rings. The van der Waals surface area contributed by atoms with Crippen molar-refractivity contribution >= 4 is 70.7 Å². The number of hydrogen-bond donors (Lipinski definition) is 7. The molecule has 0 heterocycles. The summed E-state index contributed by atoms with van der Waals surface area (Å²) in [7, 11) is 8.05. The number of nitrogens with one attached hydrogen (secondary N) is 6. The molecule has 0 atom stereocenters. The van der Waals surface area contributed by atoms with Gasteiger partial charge in [0, 0.05) is 27.8 Å². The lowest BCUT2D eigenvalue weighted by Crippen LogP contribution is -2.14. The van der Waals surface area contributed by atoms with Crippen LogP contribution in [0, 0.1) is 138 Å². The fraction of sp³-hybridized carbons (Fsp3) is 0.339. The van der Waals surface area contributed by atoms with Gasteiger partial charge in [0.25, 0.3) is 0 Å². The number of anilines is 6. The Morgan fingerprint density at radius 2 is 0.465 bits per heavy atom. The summed E-state index contributed by atoms with van der Waals surface area (Å²) in [6.45, 7) is 47.6. The molecule has 1 aliphatic rings. The van der Waals surface area contributed by atoms with Crippen LogP contribution in [0.5, 0.6) is 40.2 Å². The van der Waals surface area contributed by atoms with Crippen molar-refractivity contribution in [3.8, 4) is 40.2 Å². The number of ether oxygens (including phenoxy) is 13. The third-order valence-electron chi connectivity index (χ3n) is 25.1. The van der Waals surface area contributed by atoms with Crippen LogP contribution in [0.3, 0.4) is 0 Å². The summed E-state index contributed by atoms with van der Waals surface area (Å²) < 4.78 is 70.0. The second-order valence-corrected chi connectivity index (χ2v) is 35.6. The molecule has 0 radical (unpaired) electrons. The lowest BCUT2D eigenvalue weighted by molar-refractivity contribution is 0.186. The minimum absolute atomic E-state index is 0.138. The normalized spacial score (nSPS) is 10.9. The Kier molecular flexibility index (Phi) is 44.3. The molecule has 0 aromatic heterocycles. The SMILES string of the molecule is CCOc1cccc(NC(=O)OC)c1COc1cc(C)c(C)cc1C.CCc1cccc(NC(=O)OC)c1COc1cc(C)c(C)cc1C.COC(=O)Nc1cccc(C)c1COc1cc(C)c(C)cc1C.COC(=O)Nc1cccc(C)c1COc1cc(C)c(C)cc1C.COC(=O)Nc1cccc(C2CC2)c1COc1cc(C)c(C)cc1C.COC(=O)Nc1cccc(CO)c1COc1cc(C)c(C)cc1C. The maximum absolute atomic E-state index is 11.7. The van der Waals surface area contributed by atoms with Crippen LogP contribution in [-0.4, -0.2) is 90.9 Å². The monoisotopic (exact) mass is 1970 g/mol. The summed E-state index contributed by atoms with van der Waals surface area (Å²) in [4.78, 5) is 69.3. The Morgan fingerprint density at radius 1 is 0.243 bits per heavy atom. The Bertz CT molecular complexity index is 6210. The Labute approximate surface area is 849 Å². The van der Waals surface area contributed by atoms with Crippen LogP contribution in [0.15, 0.2) is 182 Å². The topological polar surface area (TPSA) is 315 Å². The average molecular weight is 1970 g/mol. The van der Waals surface area contributed by atoms with Gasteiger partial charge in [-0.2, -0.15) is 0 Å². The number of aliphatic hydroxyl groups is 1. The van der Waals surface area contributed by atoms with Crippen molar-refractivity contribution < 1.29 is 95.5 Å². The minimum Gasteiger partial charge on any atom is -0.493 e. The number of methoxy groups -OCH3 is 6. The van der Waals surface area contributed by atoms with E-state index in [1.165, 1.54) is 122 Å². The van der Waals surface area contributed by atoms with Crippen LogP contribution in [0.25, 0.3) is 0 Å². The Morgan fingerprint density at radius 3 is 0.736 bits per heavy atom. The van der Waals surface area contributed by atoms with Crippen LogP contribution >= 0.6 is 0 Å². The molecule has 26 heteroatoms. The van der Waals surface area contributed by atoms with Gasteiger partial charge in [0.15, 0.2) is 0 Å². The molecule has 1 aliphatic carbocycles. The van der Waals surface area contributed by atoms with Crippen molar-refractivity contribution in [1.82, 2.24) is 0 Å². The largest absolute Gasteiger partial charge is 0.493 e. The van der Waals surface area contributed by atoms with E-state index >= 15 is 0 Å². The second kappa shape index (κ2) is 55.9. The molecule has 12 aromatic carbocycles. The highest BCUT2D eigenvalue weighted by molar-refractivity contribution is 5.89. The van der Waals surface area contributed by atoms with E-state index < -0.39 is 36.6 Å². The van der Waals surface area contributed by atoms with Crippen molar-refractivity contribution in [2.24, 2.45) is 0 Å². The molecule has 1 fully saturated rings. The van der Waals surface area contributed by atoms with E-state index in [1.54, 1.807) is 24.3 Å². The van der Waals surface area contributed by atoms with Gasteiger partial charge in [-0.25, -0.2) is 28.8 Å². The number of carbonyl (C=O) groups is 6. The quantitative estimate of drug-likeness (QED) is 0.0214. The summed E-state index contributed by atoms with van der Waals surface area (Å²) in [6.07, 6.45) is 0.239. The summed E-state index contributed by atoms with van der Waals surface area (Å²) in [5.74, 6) is 6.33. The third kappa shape index (κ3) is 33.5. The standard InChI is InChI=1S/C21H25NO3.C20H25NO4.C20H25NO3.C19H23NO4.2C19H23NO3/c1-13-10-15(3)20(11-14(13)2)25-12-18-17(16-8-9-16)6-5-7-19(18)22-21(23)24-4;1-6-24-18-9-7-8-17(21-20(22)23-5)16(18)12-25-19-11-14(3)13(2)10-15(19)4;1-6-16-8-7-9-18(21-20(22)23-5)17(16)12-24-19-11-14(3)13(2)10-15(19)4;1-12-8-14(3)18(9-13(12)2)24-11-16-15(10-21)6-5-7-17(16)20-19(22)23-4;2*1-12-7-6-8-17(20-19(21)22-5)16(12)11-23-18-10-14(3)13(2)9-15(18)4/h5-7,10-11,16H,8-9,12H2,1-4H3,(H,22,23);7-11H,6,12H2,1-5H3,(H,21,22);7-11H,6,12H2,1-5H3,(H,21,22);5-9,21H,10-11H2,1-4H3,(H,20,22);2*6-10H,11H2,1-5H3,(H,20,21). The van der Waals surface area contributed by atoms with Crippen molar-refractivity contribution in [3.05, 3.63) is 343 Å². The van der Waals surface area contributed by atoms with E-state index in [-0.39, 0.29) is 19.8 Å². The van der Waals surface area contributed by atoms with E-state index in [9.17, 15) is 33.9 Å². The van der Waals surface area contributed by atoms with Gasteiger partial charge in [0.1, 0.15) is 79.9 Å². The van der Waals surface area contributed by atoms with Gasteiger partial charge in [-0.05, 0) is 377 Å². The smallest absolute Gasteiger partial charge is 0.411 e. The van der Waals surface area contributed by atoms with E-state index in [0.29, 0.717) is 73.0 Å². The zero-order chi connectivity index (χ0) is 106. The number of aryl methyl sites for hydroxylation is 21. The summed E-state index contributed by atoms with van der Waals surface area (Å²) in [5, 5.41) is 26.0. The van der Waals surface area contributed by atoms with Gasteiger partial charge < -0.3 is 66.7 Å². The molecule has 0 unspecified atom stereocenters. The molecule has 0 saturated heterocycles. The Hall–Kier alpha value is -15.2. The van der Waals surface area contributed by atoms with Gasteiger partial charge in [0.05, 0.1) is 95.6 Å². The molecule has 13 rings (SSSR count). The van der Waals surface area contributed by atoms with Crippen molar-refractivity contribution in [1.29, 1.82) is 0 Å². The maximum Gasteiger partial charge on any atom is 0.411 e. The molecule has 0 spiro atoms. The molecular weight excluding hydrogens is 1820 g/mol. The molecule has 6 amide bonds. The van der Waals surface area contributed by atoms with Gasteiger partial charge in [-0.1, -0.05) is 110 Å². The van der Waals surface area contributed by atoms with Crippen LogP contribution in [0.2, 0.25) is 0 Å². The van der Waals surface area contributed by atoms with Crippen LogP contribution in [-0.2, 0) is 81.1 Å². The third-order valence-corrected chi connectivity index (χ3v) is 25.1. The van der Waals surface area contributed by atoms with Crippen LogP contribution in [0.1, 0.15) is 194 Å². The summed E-state index contributed by atoms with van der Waals surface area (Å²) in [5.41, 5.74) is 35.8. The number of rotatable bonds is 29. The molecule has 0 bridgehead atoms. The van der Waals surface area contributed by atoms with E-state index in [2.05, 4.69) is 214 Å². The minimum atomic E-state index is -0.561. The van der Waals surface area contributed by atoms with Gasteiger partial charge >= 0.3 is 36.6 Å². The highest BCUT2D eigenvalue weighted by atomic mass is 16.6. The highest BCUT2D eigenvalue weighted by Gasteiger charge is 2.29. The molecule has 144 heavy (non-hydrogen) atoms. The highest BCUT2D eigenvalue weighted by Crippen LogP contribution is 2.44. The van der Waals surface area contributed by atoms with E-state index in [4.69, 9.17) is 42.6 Å². The van der Waals surface area contributed by atoms with Crippen molar-refractivity contribution in [2.75, 3.05) is 81.2 Å². The molecular formula is C118H144N6O20. The Balaban J connectivity index is 0.000000211. The number of amides is 6. The molecule has 1 saturated carbocycles. The summed E-state index contributed by atoms with van der Waals surface area (Å²) in [6, 6.07) is 59.1. The fourth-order valence-corrected chi connectivity index (χ4v) is 15.5. The van der Waals surface area contributed by atoms with Gasteiger partial charge in [-0.15, -0.1) is 0 Å². The zero-order valence-electron chi connectivity index (χ0n) is 88.9. The second-order valence-electron chi connectivity index (χ2n) is 35.6. The van der Waals surface area contributed by atoms with Gasteiger partial charge in [0.2, 0.25) is 0 Å². The van der Waals surface area contributed by atoms with Crippen LogP contribution < -0.4 is 65.1 Å². The first-order chi connectivity index (χ1) is 68.7. The lowest BCUT2D eigenvalue weighted by atomic mass is 10.0. The summed E-state index contributed by atoms with van der Waals surface area (Å²) >= 11 is 0. The molecule has 0 aliphatic heterocycles. The fourth-order valence-electron chi connectivity index (χ4n) is 15.5. The first kappa shape index (κ1) is 114. The van der Waals surface area contributed by atoms with Crippen molar-refractivity contribution in [3.63, 3.8) is 0 Å². The number of aliphatic hydroxyl groups excluding tert-OH is 1. The molecule has 766 valence electrons. The van der Waals surface area contributed by atoms with E-state index in [0.717, 1.165) is 141 Å². The first-order valence-corrected chi connectivity index (χ1v) is 47.9. The molecule has 26 nitrogen and oxygen atoms in total. The van der Waals surface area contributed by atoms with Gasteiger partial charge in [-0.3, -0.25) is 31.9 Å². The first-order valence-electron chi connectivity index (χ1n) is 47.9. The number of hydrogen-bond acceptors (Lipinski definition) is 20. The zero-order valence-corrected chi connectivity index (χ0v) is 88.9. The number of benzene rings is 12. The predicted octanol–water partition coefficient (Wildman–Crippen LogP) is 28.2. The maximum atomic E-state index is 11.7. The predicted molar refractivity (Wildman–Crippen MR) is 573 cm³/mol.